The predicted molar refractivity (Wildman–Crippen MR) is 122 cm³/mol. The van der Waals surface area contributed by atoms with Crippen molar-refractivity contribution in [2.45, 2.75) is 0 Å². The minimum Gasteiger partial charge on any atom is -0.276 e. The Morgan fingerprint density at radius 1 is 0.931 bits per heavy atom. The molecule has 1 aliphatic heterocycles. The van der Waals surface area contributed by atoms with Gasteiger partial charge in [0.25, 0.3) is 11.6 Å². The lowest BCUT2D eigenvalue weighted by molar-refractivity contribution is -0.384. The quantitative estimate of drug-likeness (QED) is 0.203. The molecule has 0 aromatic heterocycles. The molecule has 0 fully saturated rings. The van der Waals surface area contributed by atoms with E-state index < -0.39 is 4.92 Å². The highest BCUT2D eigenvalue weighted by molar-refractivity contribution is 14.1. The van der Waals surface area contributed by atoms with E-state index in [1.165, 1.54) is 12.1 Å². The predicted octanol–water partition coefficient (Wildman–Crippen LogP) is 5.67. The summed E-state index contributed by atoms with van der Waals surface area (Å²) in [4.78, 5) is 25.4. The maximum Gasteiger partial charge on any atom is 0.269 e. The summed E-state index contributed by atoms with van der Waals surface area (Å²) in [6.45, 7) is 0. The van der Waals surface area contributed by atoms with Crippen molar-refractivity contribution in [2.75, 3.05) is 4.90 Å². The third kappa shape index (κ3) is 3.97. The van der Waals surface area contributed by atoms with Crippen molar-refractivity contribution in [3.8, 4) is 0 Å². The molecule has 0 radical (unpaired) electrons. The van der Waals surface area contributed by atoms with E-state index in [2.05, 4.69) is 22.6 Å². The van der Waals surface area contributed by atoms with Crippen LogP contribution in [0.3, 0.4) is 0 Å². The van der Waals surface area contributed by atoms with Gasteiger partial charge < -0.3 is 0 Å². The molecular formula is C23H15IN2O3. The normalized spacial score (nSPS) is 14.9. The number of hydrogen-bond donors (Lipinski definition) is 0. The molecule has 0 bridgehead atoms. The molecule has 5 nitrogen and oxygen atoms in total. The zero-order valence-electron chi connectivity index (χ0n) is 15.2. The third-order valence-corrected chi connectivity index (χ3v) is 5.22. The summed E-state index contributed by atoms with van der Waals surface area (Å²) in [5.74, 6) is -0.135. The Kier molecular flexibility index (Phi) is 5.26. The summed E-state index contributed by atoms with van der Waals surface area (Å²) in [5, 5.41) is 10.9. The fraction of sp³-hybridized carbons (Fsp3) is 0. The minimum atomic E-state index is -0.441. The van der Waals surface area contributed by atoms with Crippen molar-refractivity contribution in [3.63, 3.8) is 0 Å². The van der Waals surface area contributed by atoms with Crippen molar-refractivity contribution in [1.82, 2.24) is 0 Å². The van der Waals surface area contributed by atoms with Gasteiger partial charge in [0, 0.05) is 21.3 Å². The highest BCUT2D eigenvalue weighted by Gasteiger charge is 2.30. The van der Waals surface area contributed by atoms with Gasteiger partial charge in [-0.25, -0.2) is 0 Å². The zero-order chi connectivity index (χ0) is 20.4. The molecule has 142 valence electrons. The molecule has 6 heteroatoms. The van der Waals surface area contributed by atoms with E-state index >= 15 is 0 Å². The molecule has 0 unspecified atom stereocenters. The number of rotatable bonds is 4. The standard InChI is InChI=1S/C23H15IN2O3/c24-19-7-4-8-21(15-19)25-22(17-5-2-1-3-6-17)14-18(23(25)27)13-16-9-11-20(12-10-16)26(28)29/h1-15H/b18-13+. The van der Waals surface area contributed by atoms with Crippen molar-refractivity contribution in [2.24, 2.45) is 0 Å². The van der Waals surface area contributed by atoms with Crippen LogP contribution in [0.2, 0.25) is 0 Å². The van der Waals surface area contributed by atoms with Gasteiger partial charge in [-0.05, 0) is 76.2 Å². The van der Waals surface area contributed by atoms with Gasteiger partial charge in [-0.1, -0.05) is 36.4 Å². The second-order valence-electron chi connectivity index (χ2n) is 6.46. The molecule has 0 saturated carbocycles. The molecule has 1 amide bonds. The van der Waals surface area contributed by atoms with E-state index in [0.717, 1.165) is 26.1 Å². The minimum absolute atomic E-state index is 0.0194. The first kappa shape index (κ1) is 19.1. The lowest BCUT2D eigenvalue weighted by atomic mass is 10.1. The number of benzene rings is 3. The second-order valence-corrected chi connectivity index (χ2v) is 7.71. The number of non-ortho nitro benzene ring substituents is 1. The first-order valence-electron chi connectivity index (χ1n) is 8.86. The van der Waals surface area contributed by atoms with Crippen LogP contribution in [0.1, 0.15) is 11.1 Å². The first-order chi connectivity index (χ1) is 14.0. The van der Waals surface area contributed by atoms with E-state index in [4.69, 9.17) is 0 Å². The third-order valence-electron chi connectivity index (χ3n) is 4.55. The Morgan fingerprint density at radius 2 is 1.66 bits per heavy atom. The Labute approximate surface area is 181 Å². The van der Waals surface area contributed by atoms with Crippen LogP contribution in [-0.4, -0.2) is 10.8 Å². The Balaban J connectivity index is 1.78. The number of nitro benzene ring substituents is 1. The van der Waals surface area contributed by atoms with Gasteiger partial charge in [0.2, 0.25) is 0 Å². The lowest BCUT2D eigenvalue weighted by Crippen LogP contribution is -2.25. The summed E-state index contributed by atoms with van der Waals surface area (Å²) in [6, 6.07) is 23.7. The highest BCUT2D eigenvalue weighted by atomic mass is 127. The van der Waals surface area contributed by atoms with Crippen LogP contribution in [0.5, 0.6) is 0 Å². The van der Waals surface area contributed by atoms with Crippen LogP contribution >= 0.6 is 22.6 Å². The molecule has 4 rings (SSSR count). The van der Waals surface area contributed by atoms with Crippen LogP contribution in [0.4, 0.5) is 11.4 Å². The molecule has 3 aromatic carbocycles. The van der Waals surface area contributed by atoms with Crippen LogP contribution < -0.4 is 4.90 Å². The van der Waals surface area contributed by atoms with Gasteiger partial charge >= 0.3 is 0 Å². The van der Waals surface area contributed by atoms with Gasteiger partial charge in [0.05, 0.1) is 16.3 Å². The lowest BCUT2D eigenvalue weighted by Gasteiger charge is -2.21. The maximum atomic E-state index is 13.3. The number of amides is 1. The van der Waals surface area contributed by atoms with Gasteiger partial charge in [0.1, 0.15) is 0 Å². The Hall–Kier alpha value is -3.26. The van der Waals surface area contributed by atoms with Crippen LogP contribution in [0.25, 0.3) is 11.8 Å². The molecule has 1 heterocycles. The molecule has 29 heavy (non-hydrogen) atoms. The molecule has 0 atom stereocenters. The van der Waals surface area contributed by atoms with Gasteiger partial charge in [0.15, 0.2) is 0 Å². The maximum absolute atomic E-state index is 13.3. The largest absolute Gasteiger partial charge is 0.276 e. The second kappa shape index (κ2) is 8.00. The van der Waals surface area contributed by atoms with Crippen LogP contribution in [-0.2, 0) is 4.79 Å². The topological polar surface area (TPSA) is 63.4 Å². The first-order valence-corrected chi connectivity index (χ1v) is 9.94. The summed E-state index contributed by atoms with van der Waals surface area (Å²) in [7, 11) is 0. The number of carbonyl (C=O) groups is 1. The van der Waals surface area contributed by atoms with Crippen molar-refractivity contribution < 1.29 is 9.72 Å². The SMILES string of the molecule is O=C1/C(=C/c2ccc([N+](=O)[O-])cc2)C=C(c2ccccc2)N1c1cccc(I)c1. The average molecular weight is 494 g/mol. The fourth-order valence-corrected chi connectivity index (χ4v) is 3.71. The van der Waals surface area contributed by atoms with Crippen LogP contribution in [0.15, 0.2) is 90.5 Å². The number of nitro groups is 1. The monoisotopic (exact) mass is 494 g/mol. The molecule has 0 saturated heterocycles. The number of hydrogen-bond acceptors (Lipinski definition) is 3. The Bertz CT molecular complexity index is 1150. The summed E-state index contributed by atoms with van der Waals surface area (Å²) in [6.07, 6.45) is 3.61. The number of anilines is 1. The smallest absolute Gasteiger partial charge is 0.269 e. The highest BCUT2D eigenvalue weighted by Crippen LogP contribution is 2.35. The van der Waals surface area contributed by atoms with Crippen molar-refractivity contribution >= 4 is 51.6 Å². The molecule has 3 aromatic rings. The number of halogens is 1. The van der Waals surface area contributed by atoms with Crippen molar-refractivity contribution in [3.05, 3.63) is 115 Å². The van der Waals surface area contributed by atoms with E-state index in [1.54, 1.807) is 23.1 Å². The van der Waals surface area contributed by atoms with Gasteiger partial charge in [-0.15, -0.1) is 0 Å². The summed E-state index contributed by atoms with van der Waals surface area (Å²) < 4.78 is 1.04. The van der Waals surface area contributed by atoms with E-state index in [1.807, 2.05) is 60.7 Å². The van der Waals surface area contributed by atoms with E-state index in [9.17, 15) is 14.9 Å². The molecule has 0 spiro atoms. The Morgan fingerprint density at radius 3 is 2.31 bits per heavy atom. The van der Waals surface area contributed by atoms with Gasteiger partial charge in [-0.2, -0.15) is 0 Å². The number of carbonyl (C=O) groups excluding carboxylic acids is 1. The fourth-order valence-electron chi connectivity index (χ4n) is 3.18. The average Bonchev–Trinajstić information content (AvgIpc) is 3.05. The molecule has 0 N–H and O–H groups in total. The summed E-state index contributed by atoms with van der Waals surface area (Å²) in [5.41, 5.74) is 3.80. The summed E-state index contributed by atoms with van der Waals surface area (Å²) >= 11 is 2.23. The molecule has 1 aliphatic rings. The van der Waals surface area contributed by atoms with Crippen LogP contribution in [0, 0.1) is 13.7 Å². The number of nitrogens with zero attached hydrogens (tertiary/aromatic N) is 2. The van der Waals surface area contributed by atoms with Gasteiger partial charge in [-0.3, -0.25) is 19.8 Å². The molecular weight excluding hydrogens is 479 g/mol. The van der Waals surface area contributed by atoms with E-state index in [-0.39, 0.29) is 11.6 Å². The zero-order valence-corrected chi connectivity index (χ0v) is 17.3. The molecule has 0 aliphatic carbocycles. The van der Waals surface area contributed by atoms with Crippen molar-refractivity contribution in [1.29, 1.82) is 0 Å². The van der Waals surface area contributed by atoms with E-state index in [0.29, 0.717) is 5.57 Å².